The molecule has 3 aromatic rings. The molecule has 3 aromatic carbocycles. The van der Waals surface area contributed by atoms with Crippen molar-refractivity contribution in [3.05, 3.63) is 94.5 Å². The number of carbonyl (C=O) groups is 1. The zero-order chi connectivity index (χ0) is 23.8. The molecule has 33 heavy (non-hydrogen) atoms. The number of nitrogens with zero attached hydrogens (tertiary/aromatic N) is 1. The molecule has 8 heteroatoms. The van der Waals surface area contributed by atoms with Crippen LogP contribution in [0.3, 0.4) is 0 Å². The summed E-state index contributed by atoms with van der Waals surface area (Å²) in [5.41, 5.74) is 3.55. The van der Waals surface area contributed by atoms with Gasteiger partial charge in [0.15, 0.2) is 0 Å². The molecule has 0 heterocycles. The Labute approximate surface area is 205 Å². The summed E-state index contributed by atoms with van der Waals surface area (Å²) in [5.74, 6) is 1.22. The van der Waals surface area contributed by atoms with Gasteiger partial charge in [0.25, 0.3) is 10.0 Å². The number of thioether (sulfide) groups is 1. The highest BCUT2D eigenvalue weighted by Crippen LogP contribution is 2.28. The number of aryl methyl sites for hydroxylation is 2. The van der Waals surface area contributed by atoms with Crippen LogP contribution >= 0.6 is 23.4 Å². The van der Waals surface area contributed by atoms with Gasteiger partial charge in [0.1, 0.15) is 6.54 Å². The smallest absolute Gasteiger partial charge is 0.264 e. The lowest BCUT2D eigenvalue weighted by Crippen LogP contribution is -2.41. The van der Waals surface area contributed by atoms with Crippen molar-refractivity contribution >= 4 is 45.0 Å². The monoisotopic (exact) mass is 502 g/mol. The van der Waals surface area contributed by atoms with Gasteiger partial charge >= 0.3 is 0 Å². The van der Waals surface area contributed by atoms with Crippen molar-refractivity contribution in [1.29, 1.82) is 0 Å². The highest BCUT2D eigenvalue weighted by atomic mass is 35.5. The molecule has 0 bridgehead atoms. The number of hydrogen-bond acceptors (Lipinski definition) is 4. The van der Waals surface area contributed by atoms with Gasteiger partial charge in [-0.2, -0.15) is 11.8 Å². The summed E-state index contributed by atoms with van der Waals surface area (Å²) in [7, 11) is -3.94. The lowest BCUT2D eigenvalue weighted by atomic mass is 10.2. The van der Waals surface area contributed by atoms with Crippen molar-refractivity contribution in [2.24, 2.45) is 0 Å². The third-order valence-electron chi connectivity index (χ3n) is 5.00. The van der Waals surface area contributed by atoms with Crippen molar-refractivity contribution in [3.8, 4) is 0 Å². The molecule has 0 saturated carbocycles. The molecule has 0 aliphatic heterocycles. The van der Waals surface area contributed by atoms with Gasteiger partial charge in [-0.3, -0.25) is 9.10 Å². The Balaban J connectivity index is 1.65. The maximum Gasteiger partial charge on any atom is 0.264 e. The van der Waals surface area contributed by atoms with E-state index in [1.807, 2.05) is 0 Å². The van der Waals surface area contributed by atoms with E-state index in [0.717, 1.165) is 15.8 Å². The molecule has 1 N–H and O–H groups in total. The Morgan fingerprint density at radius 2 is 1.70 bits per heavy atom. The largest absolute Gasteiger partial charge is 0.354 e. The van der Waals surface area contributed by atoms with E-state index in [4.69, 9.17) is 11.6 Å². The van der Waals surface area contributed by atoms with E-state index in [0.29, 0.717) is 22.8 Å². The van der Waals surface area contributed by atoms with Crippen molar-refractivity contribution < 1.29 is 13.2 Å². The molecule has 0 aliphatic carbocycles. The van der Waals surface area contributed by atoms with Gasteiger partial charge in [-0.15, -0.1) is 0 Å². The summed E-state index contributed by atoms with van der Waals surface area (Å²) < 4.78 is 27.9. The Kier molecular flexibility index (Phi) is 8.83. The molecule has 0 fully saturated rings. The number of halogens is 1. The van der Waals surface area contributed by atoms with Crippen LogP contribution < -0.4 is 9.62 Å². The zero-order valence-corrected chi connectivity index (χ0v) is 21.0. The quantitative estimate of drug-likeness (QED) is 0.387. The fourth-order valence-electron chi connectivity index (χ4n) is 3.24. The number of rotatable bonds is 10. The highest BCUT2D eigenvalue weighted by Gasteiger charge is 2.28. The SMILES string of the molecule is Cc1ccc(CSCCNC(=O)CN(c2ccc(Cl)cc2C)S(=O)(=O)c2ccccc2)cc1. The lowest BCUT2D eigenvalue weighted by molar-refractivity contribution is -0.119. The van der Waals surface area contributed by atoms with Crippen LogP contribution in [0.5, 0.6) is 0 Å². The number of sulfonamides is 1. The predicted molar refractivity (Wildman–Crippen MR) is 138 cm³/mol. The van der Waals surface area contributed by atoms with Gasteiger partial charge in [-0.25, -0.2) is 8.42 Å². The van der Waals surface area contributed by atoms with E-state index in [-0.39, 0.29) is 17.3 Å². The Bertz CT molecular complexity index is 1180. The van der Waals surface area contributed by atoms with Crippen molar-refractivity contribution in [2.75, 3.05) is 23.1 Å². The Morgan fingerprint density at radius 1 is 1.00 bits per heavy atom. The summed E-state index contributed by atoms with van der Waals surface area (Å²) in [4.78, 5) is 12.8. The van der Waals surface area contributed by atoms with Crippen molar-refractivity contribution in [3.63, 3.8) is 0 Å². The fraction of sp³-hybridized carbons (Fsp3) is 0.240. The van der Waals surface area contributed by atoms with Gasteiger partial charge in [-0.05, 0) is 55.3 Å². The van der Waals surface area contributed by atoms with Crippen LogP contribution in [0.4, 0.5) is 5.69 Å². The first-order valence-electron chi connectivity index (χ1n) is 10.5. The fourth-order valence-corrected chi connectivity index (χ4v) is 5.79. The van der Waals surface area contributed by atoms with Crippen molar-refractivity contribution in [1.82, 2.24) is 5.32 Å². The lowest BCUT2D eigenvalue weighted by Gasteiger charge is -2.25. The maximum absolute atomic E-state index is 13.4. The Morgan fingerprint density at radius 3 is 2.36 bits per heavy atom. The van der Waals surface area contributed by atoms with Crippen LogP contribution in [-0.4, -0.2) is 33.2 Å². The first-order valence-corrected chi connectivity index (χ1v) is 13.5. The third-order valence-corrected chi connectivity index (χ3v) is 8.04. The summed E-state index contributed by atoms with van der Waals surface area (Å²) in [5, 5.41) is 3.34. The van der Waals surface area contributed by atoms with Crippen LogP contribution in [0, 0.1) is 13.8 Å². The van der Waals surface area contributed by atoms with Crippen LogP contribution in [0.2, 0.25) is 5.02 Å². The van der Waals surface area contributed by atoms with Gasteiger partial charge in [0.2, 0.25) is 5.91 Å². The van der Waals surface area contributed by atoms with E-state index < -0.39 is 10.0 Å². The average molecular weight is 503 g/mol. The maximum atomic E-state index is 13.4. The average Bonchev–Trinajstić information content (AvgIpc) is 2.79. The second-order valence-electron chi connectivity index (χ2n) is 7.64. The minimum atomic E-state index is -3.94. The van der Waals surface area contributed by atoms with E-state index >= 15 is 0 Å². The van der Waals surface area contributed by atoms with Gasteiger partial charge in [-0.1, -0.05) is 59.6 Å². The first kappa shape index (κ1) is 25.1. The molecule has 0 aromatic heterocycles. The number of benzene rings is 3. The van der Waals surface area contributed by atoms with Crippen LogP contribution in [0.15, 0.2) is 77.7 Å². The van der Waals surface area contributed by atoms with Gasteiger partial charge in [0, 0.05) is 23.1 Å². The summed E-state index contributed by atoms with van der Waals surface area (Å²) in [6, 6.07) is 21.4. The molecule has 0 aliphatic rings. The van der Waals surface area contributed by atoms with Crippen molar-refractivity contribution in [2.45, 2.75) is 24.5 Å². The standard InChI is InChI=1S/C25H27ClN2O3S2/c1-19-8-10-21(11-9-19)18-32-15-14-27-25(29)17-28(24-13-12-22(26)16-20(24)2)33(30,31)23-6-4-3-5-7-23/h3-13,16H,14-15,17-18H2,1-2H3,(H,27,29). The second-order valence-corrected chi connectivity index (χ2v) is 11.0. The minimum Gasteiger partial charge on any atom is -0.354 e. The van der Waals surface area contributed by atoms with E-state index in [1.165, 1.54) is 23.3 Å². The molecular formula is C25H27ClN2O3S2. The molecule has 0 atom stereocenters. The molecule has 174 valence electrons. The van der Waals surface area contributed by atoms with Gasteiger partial charge < -0.3 is 5.32 Å². The number of nitrogens with one attached hydrogen (secondary N) is 1. The number of anilines is 1. The topological polar surface area (TPSA) is 66.5 Å². The third kappa shape index (κ3) is 7.00. The molecule has 0 saturated heterocycles. The summed E-state index contributed by atoms with van der Waals surface area (Å²) in [6.07, 6.45) is 0. The minimum absolute atomic E-state index is 0.126. The van der Waals surface area contributed by atoms with Gasteiger partial charge in [0.05, 0.1) is 10.6 Å². The number of carbonyl (C=O) groups excluding carboxylic acids is 1. The first-order chi connectivity index (χ1) is 15.8. The van der Waals surface area contributed by atoms with Crippen LogP contribution in [0.25, 0.3) is 0 Å². The van der Waals surface area contributed by atoms with E-state index in [1.54, 1.807) is 55.1 Å². The molecule has 0 unspecified atom stereocenters. The molecule has 1 amide bonds. The zero-order valence-electron chi connectivity index (χ0n) is 18.6. The molecular weight excluding hydrogens is 476 g/mol. The number of hydrogen-bond donors (Lipinski definition) is 1. The molecule has 3 rings (SSSR count). The second kappa shape index (κ2) is 11.6. The number of amides is 1. The highest BCUT2D eigenvalue weighted by molar-refractivity contribution is 7.98. The molecule has 0 spiro atoms. The van der Waals surface area contributed by atoms with Crippen LogP contribution in [0.1, 0.15) is 16.7 Å². The normalized spacial score (nSPS) is 11.2. The predicted octanol–water partition coefficient (Wildman–Crippen LogP) is 5.20. The summed E-state index contributed by atoms with van der Waals surface area (Å²) >= 11 is 7.77. The van der Waals surface area contributed by atoms with E-state index in [9.17, 15) is 13.2 Å². The molecule has 0 radical (unpaired) electrons. The van der Waals surface area contributed by atoms with Crippen LogP contribution in [-0.2, 0) is 20.6 Å². The molecule has 5 nitrogen and oxygen atoms in total. The van der Waals surface area contributed by atoms with E-state index in [2.05, 4.69) is 36.5 Å². The Hall–Kier alpha value is -2.48. The summed E-state index contributed by atoms with van der Waals surface area (Å²) in [6.45, 7) is 3.96.